The molecule has 0 amide bonds. The van der Waals surface area contributed by atoms with E-state index >= 15 is 0 Å². The molecule has 1 saturated carbocycles. The Bertz CT molecular complexity index is 863. The van der Waals surface area contributed by atoms with Crippen LogP contribution in [-0.2, 0) is 25.7 Å². The highest BCUT2D eigenvalue weighted by molar-refractivity contribution is 5.95. The fraction of sp³-hybridized carbons (Fsp3) is 0.519. The molecule has 186 valence electrons. The van der Waals surface area contributed by atoms with Crippen molar-refractivity contribution in [2.75, 3.05) is 0 Å². The van der Waals surface area contributed by atoms with E-state index in [0.717, 1.165) is 11.6 Å². The second-order valence-electron chi connectivity index (χ2n) is 8.71. The predicted molar refractivity (Wildman–Crippen MR) is 125 cm³/mol. The van der Waals surface area contributed by atoms with Crippen molar-refractivity contribution >= 4 is 17.5 Å². The molecule has 1 aliphatic carbocycles. The van der Waals surface area contributed by atoms with Crippen molar-refractivity contribution in [2.24, 2.45) is 11.8 Å². The highest BCUT2D eigenvalue weighted by Gasteiger charge is 2.42. The van der Waals surface area contributed by atoms with Gasteiger partial charge in [0.25, 0.3) is 0 Å². The molecular weight excluding hydrogens is 442 g/mol. The smallest absolute Gasteiger partial charge is 0.309 e. The van der Waals surface area contributed by atoms with Crippen LogP contribution >= 0.6 is 0 Å². The molecule has 1 aromatic carbocycles. The maximum atomic E-state index is 14.1. The first kappa shape index (κ1) is 27.6. The molecule has 0 heterocycles. The van der Waals surface area contributed by atoms with Crippen molar-refractivity contribution in [3.05, 3.63) is 60.2 Å². The van der Waals surface area contributed by atoms with Gasteiger partial charge >= 0.3 is 11.9 Å². The molecular formula is C27H34F2O5. The Morgan fingerprint density at radius 2 is 1.91 bits per heavy atom. The summed E-state index contributed by atoms with van der Waals surface area (Å²) in [5.41, 5.74) is 0.932. The summed E-state index contributed by atoms with van der Waals surface area (Å²) < 4.78 is 34.3. The van der Waals surface area contributed by atoms with E-state index in [9.17, 15) is 23.2 Å². The summed E-state index contributed by atoms with van der Waals surface area (Å²) in [7, 11) is 0. The number of rotatable bonds is 15. The molecule has 1 N–H and O–H groups in total. The van der Waals surface area contributed by atoms with Crippen LogP contribution in [-0.4, -0.2) is 34.7 Å². The van der Waals surface area contributed by atoms with Crippen molar-refractivity contribution in [1.29, 1.82) is 0 Å². The number of alkyl halides is 2. The lowest BCUT2D eigenvalue weighted by Gasteiger charge is -2.21. The SMILES string of the molecule is CCCCC(F)(F)C(=O)C=C[C@@H]1[C@H](OCc2ccccc2)CC(=O)[C@@H]1CC=CCCCC(=O)O. The zero-order valence-corrected chi connectivity index (χ0v) is 19.6. The summed E-state index contributed by atoms with van der Waals surface area (Å²) in [6, 6.07) is 9.45. The third-order valence-electron chi connectivity index (χ3n) is 6.01. The van der Waals surface area contributed by atoms with Gasteiger partial charge in [-0.3, -0.25) is 14.4 Å². The van der Waals surface area contributed by atoms with E-state index in [2.05, 4.69) is 0 Å². The summed E-state index contributed by atoms with van der Waals surface area (Å²) in [5, 5.41) is 8.71. The van der Waals surface area contributed by atoms with Crippen LogP contribution in [0.2, 0.25) is 0 Å². The number of aliphatic carboxylic acids is 1. The molecule has 0 aromatic heterocycles. The van der Waals surface area contributed by atoms with Crippen LogP contribution in [0.1, 0.15) is 63.9 Å². The molecule has 0 radical (unpaired) electrons. The lowest BCUT2D eigenvalue weighted by Crippen LogP contribution is -2.28. The Morgan fingerprint density at radius 3 is 2.59 bits per heavy atom. The van der Waals surface area contributed by atoms with Gasteiger partial charge in [-0.1, -0.05) is 61.9 Å². The number of carbonyl (C=O) groups excluding carboxylic acids is 2. The van der Waals surface area contributed by atoms with Gasteiger partial charge in [0, 0.05) is 31.1 Å². The Hall–Kier alpha value is -2.67. The zero-order valence-electron chi connectivity index (χ0n) is 19.6. The summed E-state index contributed by atoms with van der Waals surface area (Å²) >= 11 is 0. The average molecular weight is 477 g/mol. The van der Waals surface area contributed by atoms with Crippen molar-refractivity contribution in [2.45, 2.75) is 76.9 Å². The Labute approximate surface area is 199 Å². The number of carboxylic acid groups (broad SMARTS) is 1. The van der Waals surface area contributed by atoms with E-state index in [-0.39, 0.29) is 31.7 Å². The lowest BCUT2D eigenvalue weighted by atomic mass is 9.90. The quantitative estimate of drug-likeness (QED) is 0.193. The van der Waals surface area contributed by atoms with E-state index in [1.165, 1.54) is 6.08 Å². The minimum atomic E-state index is -3.42. The second kappa shape index (κ2) is 13.9. The van der Waals surface area contributed by atoms with Crippen LogP contribution in [0.4, 0.5) is 8.78 Å². The molecule has 34 heavy (non-hydrogen) atoms. The number of unbranched alkanes of at least 4 members (excludes halogenated alkanes) is 2. The van der Waals surface area contributed by atoms with E-state index in [1.807, 2.05) is 42.5 Å². The van der Waals surface area contributed by atoms with Crippen molar-refractivity contribution in [3.63, 3.8) is 0 Å². The standard InChI is InChI=1S/C27H34F2O5/c1-2-3-17-27(28,29)25(31)16-15-22-21(13-9-4-5-10-14-26(32)33)23(30)18-24(22)34-19-20-11-7-6-8-12-20/h4,6-9,11-12,15-16,21-22,24H,2-3,5,10,13-14,17-19H2,1H3,(H,32,33)/t21-,22+,24-/m1/s1. The normalized spacial score (nSPS) is 21.0. The fourth-order valence-electron chi connectivity index (χ4n) is 4.03. The van der Waals surface area contributed by atoms with Crippen molar-refractivity contribution < 1.29 is 33.0 Å². The number of ether oxygens (including phenoxy) is 1. The number of carboxylic acids is 1. The monoisotopic (exact) mass is 476 g/mol. The van der Waals surface area contributed by atoms with Gasteiger partial charge in [-0.2, -0.15) is 8.78 Å². The first-order chi connectivity index (χ1) is 16.2. The van der Waals surface area contributed by atoms with Gasteiger partial charge in [-0.05, 0) is 37.3 Å². The van der Waals surface area contributed by atoms with Gasteiger partial charge in [0.15, 0.2) is 0 Å². The number of allylic oxidation sites excluding steroid dienone is 3. The summed E-state index contributed by atoms with van der Waals surface area (Å²) in [6.07, 6.45) is 7.50. The third kappa shape index (κ3) is 8.93. The molecule has 0 spiro atoms. The first-order valence-corrected chi connectivity index (χ1v) is 11.9. The number of Topliss-reactive ketones (excluding diaryl/α,β-unsaturated/α-hetero) is 1. The molecule has 0 unspecified atom stereocenters. The average Bonchev–Trinajstić information content (AvgIpc) is 3.11. The van der Waals surface area contributed by atoms with Crippen molar-refractivity contribution in [1.82, 2.24) is 0 Å². The van der Waals surface area contributed by atoms with Crippen LogP contribution in [0.25, 0.3) is 0 Å². The number of hydrogen-bond donors (Lipinski definition) is 1. The molecule has 0 bridgehead atoms. The predicted octanol–water partition coefficient (Wildman–Crippen LogP) is 5.93. The number of benzene rings is 1. The molecule has 1 fully saturated rings. The van der Waals surface area contributed by atoms with Crippen LogP contribution < -0.4 is 0 Å². The van der Waals surface area contributed by atoms with Crippen LogP contribution in [0.3, 0.4) is 0 Å². The summed E-state index contributed by atoms with van der Waals surface area (Å²) in [4.78, 5) is 35.5. The minimum Gasteiger partial charge on any atom is -0.481 e. The molecule has 1 aromatic rings. The van der Waals surface area contributed by atoms with Crippen molar-refractivity contribution in [3.8, 4) is 0 Å². The molecule has 0 aliphatic heterocycles. The highest BCUT2D eigenvalue weighted by atomic mass is 19.3. The Morgan fingerprint density at radius 1 is 1.18 bits per heavy atom. The third-order valence-corrected chi connectivity index (χ3v) is 6.01. The molecule has 2 rings (SSSR count). The number of carbonyl (C=O) groups is 3. The van der Waals surface area contributed by atoms with Gasteiger partial charge < -0.3 is 9.84 Å². The molecule has 7 heteroatoms. The number of ketones is 2. The van der Waals surface area contributed by atoms with Gasteiger partial charge in [-0.15, -0.1) is 0 Å². The van der Waals surface area contributed by atoms with Crippen LogP contribution in [0.5, 0.6) is 0 Å². The van der Waals surface area contributed by atoms with Gasteiger partial charge in [-0.25, -0.2) is 0 Å². The number of hydrogen-bond acceptors (Lipinski definition) is 4. The molecule has 1 aliphatic rings. The Kier molecular flexibility index (Phi) is 11.3. The maximum Gasteiger partial charge on any atom is 0.309 e. The first-order valence-electron chi connectivity index (χ1n) is 11.9. The fourth-order valence-corrected chi connectivity index (χ4v) is 4.03. The second-order valence-corrected chi connectivity index (χ2v) is 8.71. The largest absolute Gasteiger partial charge is 0.481 e. The van der Waals surface area contributed by atoms with Gasteiger partial charge in [0.1, 0.15) is 5.78 Å². The van der Waals surface area contributed by atoms with E-state index in [0.29, 0.717) is 25.7 Å². The number of halogens is 2. The highest BCUT2D eigenvalue weighted by Crippen LogP contribution is 2.36. The van der Waals surface area contributed by atoms with E-state index < -0.39 is 42.0 Å². The summed E-state index contributed by atoms with van der Waals surface area (Å²) in [6.45, 7) is 2.07. The van der Waals surface area contributed by atoms with E-state index in [4.69, 9.17) is 9.84 Å². The zero-order chi connectivity index (χ0) is 25.0. The molecule has 5 nitrogen and oxygen atoms in total. The molecule has 0 saturated heterocycles. The molecule has 3 atom stereocenters. The lowest BCUT2D eigenvalue weighted by molar-refractivity contribution is -0.138. The summed E-state index contributed by atoms with van der Waals surface area (Å²) in [5.74, 6) is -6.54. The van der Waals surface area contributed by atoms with E-state index in [1.54, 1.807) is 6.92 Å². The van der Waals surface area contributed by atoms with Crippen LogP contribution in [0, 0.1) is 11.8 Å². The Balaban J connectivity index is 2.09. The van der Waals surface area contributed by atoms with Gasteiger partial charge in [0.05, 0.1) is 12.7 Å². The van der Waals surface area contributed by atoms with Gasteiger partial charge in [0.2, 0.25) is 5.78 Å². The minimum absolute atomic E-state index is 0.0342. The van der Waals surface area contributed by atoms with Crippen LogP contribution in [0.15, 0.2) is 54.6 Å². The maximum absolute atomic E-state index is 14.1. The topological polar surface area (TPSA) is 80.7 Å².